The Balaban J connectivity index is 1.60. The monoisotopic (exact) mass is 327 g/mol. The number of pyridine rings is 1. The smallest absolute Gasteiger partial charge is 0.228 e. The first kappa shape index (κ1) is 13.8. The minimum absolute atomic E-state index is 0.447. The fourth-order valence-electron chi connectivity index (χ4n) is 3.01. The summed E-state index contributed by atoms with van der Waals surface area (Å²) >= 11 is 0. The molecule has 0 spiro atoms. The average molecular weight is 327 g/mol. The minimum atomic E-state index is 0.447. The first-order valence-corrected chi connectivity index (χ1v) is 7.92. The summed E-state index contributed by atoms with van der Waals surface area (Å²) in [6.45, 7) is 0. The zero-order chi connectivity index (χ0) is 16.6. The van der Waals surface area contributed by atoms with Gasteiger partial charge in [0.25, 0.3) is 5.95 Å². The lowest BCUT2D eigenvalue weighted by Gasteiger charge is -2.05. The van der Waals surface area contributed by atoms with Crippen LogP contribution in [0.1, 0.15) is 11.1 Å². The topological polar surface area (TPSA) is 85.2 Å². The Hall–Kier alpha value is -3.61. The predicted octanol–water partition coefficient (Wildman–Crippen LogP) is 2.68. The van der Waals surface area contributed by atoms with Gasteiger partial charge < -0.3 is 0 Å². The Labute approximate surface area is 142 Å². The molecule has 0 aliphatic carbocycles. The number of fused-ring (bicyclic) bond motifs is 2. The lowest BCUT2D eigenvalue weighted by molar-refractivity contribution is 0.829. The van der Waals surface area contributed by atoms with Crippen LogP contribution in [-0.4, -0.2) is 35.4 Å². The first-order chi connectivity index (χ1) is 12.4. The molecule has 3 heterocycles. The molecule has 0 fully saturated rings. The highest BCUT2D eigenvalue weighted by Gasteiger charge is 2.11. The van der Waals surface area contributed by atoms with E-state index in [0.717, 1.165) is 28.4 Å². The van der Waals surface area contributed by atoms with Crippen LogP contribution in [0.5, 0.6) is 0 Å². The second-order valence-corrected chi connectivity index (χ2v) is 5.87. The summed E-state index contributed by atoms with van der Waals surface area (Å²) in [5.41, 5.74) is 4.19. The van der Waals surface area contributed by atoms with E-state index < -0.39 is 0 Å². The van der Waals surface area contributed by atoms with Crippen molar-refractivity contribution in [1.82, 2.24) is 35.4 Å². The molecule has 25 heavy (non-hydrogen) atoms. The third-order valence-electron chi connectivity index (χ3n) is 4.19. The molecular weight excluding hydrogens is 314 g/mol. The van der Waals surface area contributed by atoms with E-state index >= 15 is 0 Å². The largest absolute Gasteiger partial charge is 0.269 e. The van der Waals surface area contributed by atoms with Crippen molar-refractivity contribution >= 4 is 21.9 Å². The van der Waals surface area contributed by atoms with Gasteiger partial charge >= 0.3 is 0 Å². The van der Waals surface area contributed by atoms with Gasteiger partial charge in [0.05, 0.1) is 11.7 Å². The third kappa shape index (κ3) is 2.42. The maximum Gasteiger partial charge on any atom is 0.269 e. The summed E-state index contributed by atoms with van der Waals surface area (Å²) in [5, 5.41) is 20.1. The van der Waals surface area contributed by atoms with E-state index in [0.29, 0.717) is 5.95 Å². The zero-order valence-electron chi connectivity index (χ0n) is 13.2. The molecule has 0 aliphatic rings. The van der Waals surface area contributed by atoms with Crippen LogP contribution in [0.15, 0.2) is 60.8 Å². The van der Waals surface area contributed by atoms with Crippen LogP contribution in [0.4, 0.5) is 0 Å². The van der Waals surface area contributed by atoms with Crippen LogP contribution in [0.2, 0.25) is 0 Å². The molecule has 0 unspecified atom stereocenters. The van der Waals surface area contributed by atoms with E-state index in [2.05, 4.69) is 68.2 Å². The van der Waals surface area contributed by atoms with E-state index in [1.165, 1.54) is 11.1 Å². The van der Waals surface area contributed by atoms with E-state index in [1.807, 2.05) is 12.1 Å². The molecule has 0 radical (unpaired) electrons. The van der Waals surface area contributed by atoms with Crippen LogP contribution in [0.25, 0.3) is 27.9 Å². The van der Waals surface area contributed by atoms with Crippen LogP contribution in [-0.2, 0) is 6.42 Å². The zero-order valence-corrected chi connectivity index (χ0v) is 13.2. The molecule has 5 rings (SSSR count). The van der Waals surface area contributed by atoms with Gasteiger partial charge in [0.15, 0.2) is 5.65 Å². The van der Waals surface area contributed by atoms with Crippen molar-refractivity contribution in [2.75, 3.05) is 0 Å². The number of rotatable bonds is 3. The van der Waals surface area contributed by atoms with Crippen molar-refractivity contribution in [2.24, 2.45) is 0 Å². The Kier molecular flexibility index (Phi) is 3.03. The number of nitrogens with zero attached hydrogens (tertiary/aromatic N) is 6. The summed E-state index contributed by atoms with van der Waals surface area (Å²) in [7, 11) is 0. The number of hydrogen-bond donors (Lipinski definition) is 1. The molecule has 3 aromatic heterocycles. The van der Waals surface area contributed by atoms with Gasteiger partial charge in [-0.05, 0) is 46.2 Å². The summed E-state index contributed by atoms with van der Waals surface area (Å²) in [6, 6.07) is 18.9. The standard InChI is InChI=1S/C18H13N7/c1-2-4-12(5-3-1)8-13-6-7-16-14(9-13)10-15-11-19-25(17(15)20-16)18-21-23-24-22-18/h1-7,9-11H,8H2,(H,21,22,23,24). The summed E-state index contributed by atoms with van der Waals surface area (Å²) in [6.07, 6.45) is 2.67. The number of H-pyrrole nitrogens is 1. The van der Waals surface area contributed by atoms with Gasteiger partial charge in [-0.15, -0.1) is 0 Å². The van der Waals surface area contributed by atoms with Crippen molar-refractivity contribution < 1.29 is 0 Å². The molecule has 0 amide bonds. The Morgan fingerprint density at radius 3 is 2.68 bits per heavy atom. The van der Waals surface area contributed by atoms with Crippen molar-refractivity contribution in [1.29, 1.82) is 0 Å². The normalized spacial score (nSPS) is 11.4. The van der Waals surface area contributed by atoms with Crippen molar-refractivity contribution in [3.05, 3.63) is 71.9 Å². The molecule has 0 atom stereocenters. The van der Waals surface area contributed by atoms with Gasteiger partial charge in [0, 0.05) is 10.8 Å². The number of aromatic nitrogens is 7. The van der Waals surface area contributed by atoms with Crippen LogP contribution in [0, 0.1) is 0 Å². The van der Waals surface area contributed by atoms with Crippen molar-refractivity contribution in [2.45, 2.75) is 6.42 Å². The van der Waals surface area contributed by atoms with E-state index in [1.54, 1.807) is 10.9 Å². The lowest BCUT2D eigenvalue weighted by atomic mass is 10.0. The van der Waals surface area contributed by atoms with Crippen molar-refractivity contribution in [3.63, 3.8) is 0 Å². The van der Waals surface area contributed by atoms with Gasteiger partial charge in [-0.25, -0.2) is 10.1 Å². The Morgan fingerprint density at radius 2 is 1.84 bits per heavy atom. The van der Waals surface area contributed by atoms with Gasteiger partial charge in [-0.3, -0.25) is 0 Å². The minimum Gasteiger partial charge on any atom is -0.228 e. The lowest BCUT2D eigenvalue weighted by Crippen LogP contribution is -2.00. The second kappa shape index (κ2) is 5.48. The molecule has 0 aliphatic heterocycles. The molecule has 5 aromatic rings. The average Bonchev–Trinajstić information content (AvgIpc) is 3.30. The number of benzene rings is 2. The van der Waals surface area contributed by atoms with E-state index in [9.17, 15) is 0 Å². The highest BCUT2D eigenvalue weighted by molar-refractivity contribution is 5.91. The molecule has 1 N–H and O–H groups in total. The quantitative estimate of drug-likeness (QED) is 0.551. The number of nitrogens with one attached hydrogen (secondary N) is 1. The van der Waals surface area contributed by atoms with Gasteiger partial charge in [0.2, 0.25) is 0 Å². The molecule has 2 aromatic carbocycles. The SMILES string of the molecule is c1ccc(Cc2ccc3nc4c(cnn4-c4nnn[nH]4)cc3c2)cc1. The van der Waals surface area contributed by atoms with Gasteiger partial charge in [-0.1, -0.05) is 41.5 Å². The second-order valence-electron chi connectivity index (χ2n) is 5.87. The molecule has 0 saturated carbocycles. The van der Waals surface area contributed by atoms with Crippen LogP contribution in [0.3, 0.4) is 0 Å². The number of aromatic amines is 1. The molecule has 0 saturated heterocycles. The summed E-state index contributed by atoms with van der Waals surface area (Å²) in [4.78, 5) is 4.73. The number of hydrogen-bond acceptors (Lipinski definition) is 5. The molecule has 7 heteroatoms. The van der Waals surface area contributed by atoms with Crippen LogP contribution >= 0.6 is 0 Å². The fraction of sp³-hybridized carbons (Fsp3) is 0.0556. The molecular formula is C18H13N7. The third-order valence-corrected chi connectivity index (χ3v) is 4.19. The fourth-order valence-corrected chi connectivity index (χ4v) is 3.01. The van der Waals surface area contributed by atoms with E-state index in [-0.39, 0.29) is 0 Å². The van der Waals surface area contributed by atoms with E-state index in [4.69, 9.17) is 4.98 Å². The highest BCUT2D eigenvalue weighted by Crippen LogP contribution is 2.22. The maximum atomic E-state index is 4.73. The summed E-state index contributed by atoms with van der Waals surface area (Å²) < 4.78 is 1.60. The summed E-state index contributed by atoms with van der Waals surface area (Å²) in [5.74, 6) is 0.447. The predicted molar refractivity (Wildman–Crippen MR) is 93.4 cm³/mol. The molecule has 7 nitrogen and oxygen atoms in total. The van der Waals surface area contributed by atoms with Gasteiger partial charge in [0.1, 0.15) is 0 Å². The molecule has 0 bridgehead atoms. The first-order valence-electron chi connectivity index (χ1n) is 7.92. The Bertz CT molecular complexity index is 1160. The molecule has 120 valence electrons. The van der Waals surface area contributed by atoms with Crippen molar-refractivity contribution in [3.8, 4) is 5.95 Å². The van der Waals surface area contributed by atoms with Gasteiger partial charge in [-0.2, -0.15) is 9.78 Å². The maximum absolute atomic E-state index is 4.73. The Morgan fingerprint density at radius 1 is 0.920 bits per heavy atom. The highest BCUT2D eigenvalue weighted by atomic mass is 15.5. The number of tetrazole rings is 1. The van der Waals surface area contributed by atoms with Crippen LogP contribution < -0.4 is 0 Å².